The lowest BCUT2D eigenvalue weighted by Crippen LogP contribution is -2.04. The van der Waals surface area contributed by atoms with Crippen LogP contribution < -0.4 is 4.74 Å². The molecular weight excluding hydrogens is 416 g/mol. The van der Waals surface area contributed by atoms with Gasteiger partial charge in [0, 0.05) is 6.42 Å². The predicted octanol–water partition coefficient (Wildman–Crippen LogP) is 6.69. The van der Waals surface area contributed by atoms with E-state index in [-0.39, 0.29) is 17.9 Å². The highest BCUT2D eigenvalue weighted by molar-refractivity contribution is 5.87. The monoisotopic (exact) mass is 444 g/mol. The number of rotatable bonds is 12. The SMILES string of the molecule is O=C(O)CCCCC(/C=C/c1cccc(Oc2ccccc2)c1)Cc1ccc(C(=O)O)cc1. The summed E-state index contributed by atoms with van der Waals surface area (Å²) in [5.74, 6) is 0.0179. The van der Waals surface area contributed by atoms with Crippen molar-refractivity contribution in [3.05, 3.63) is 102 Å². The second-order valence-electron chi connectivity index (χ2n) is 7.95. The number of carbonyl (C=O) groups is 2. The average Bonchev–Trinajstić information content (AvgIpc) is 2.81. The zero-order chi connectivity index (χ0) is 23.5. The Morgan fingerprint density at radius 3 is 2.27 bits per heavy atom. The number of hydrogen-bond donors (Lipinski definition) is 2. The van der Waals surface area contributed by atoms with Gasteiger partial charge in [-0.15, -0.1) is 0 Å². The molecule has 0 spiro atoms. The van der Waals surface area contributed by atoms with Crippen LogP contribution in [0.15, 0.2) is 84.9 Å². The number of ether oxygens (including phenoxy) is 1. The van der Waals surface area contributed by atoms with Crippen molar-refractivity contribution < 1.29 is 24.5 Å². The van der Waals surface area contributed by atoms with Crippen molar-refractivity contribution in [2.45, 2.75) is 32.1 Å². The van der Waals surface area contributed by atoms with E-state index < -0.39 is 11.9 Å². The van der Waals surface area contributed by atoms with Gasteiger partial charge in [-0.05, 0) is 72.7 Å². The first-order valence-electron chi connectivity index (χ1n) is 11.0. The third-order valence-electron chi connectivity index (χ3n) is 5.31. The lowest BCUT2D eigenvalue weighted by molar-refractivity contribution is -0.137. The molecular formula is C28H28O5. The standard InChI is InChI=1S/C28H28O5/c29-27(30)12-5-4-7-21(19-23-15-17-24(18-16-23)28(31)32)13-14-22-8-6-11-26(20-22)33-25-9-2-1-3-10-25/h1-3,6,8-11,13-18,20-21H,4-5,7,12,19H2,(H,29,30)(H,31,32)/b14-13+. The molecule has 2 N–H and O–H groups in total. The first-order chi connectivity index (χ1) is 16.0. The van der Waals surface area contributed by atoms with Gasteiger partial charge in [-0.3, -0.25) is 4.79 Å². The van der Waals surface area contributed by atoms with Crippen LogP contribution in [0.3, 0.4) is 0 Å². The molecule has 0 saturated heterocycles. The number of carboxylic acid groups (broad SMARTS) is 2. The molecule has 3 aromatic rings. The summed E-state index contributed by atoms with van der Waals surface area (Å²) < 4.78 is 5.92. The Hall–Kier alpha value is -3.86. The van der Waals surface area contributed by atoms with Gasteiger partial charge in [0.1, 0.15) is 11.5 Å². The molecule has 0 aliphatic carbocycles. The Labute approximate surface area is 194 Å². The maximum atomic E-state index is 11.1. The molecule has 0 amide bonds. The van der Waals surface area contributed by atoms with Gasteiger partial charge in [0.2, 0.25) is 0 Å². The summed E-state index contributed by atoms with van der Waals surface area (Å²) in [5, 5.41) is 18.0. The molecule has 0 heterocycles. The van der Waals surface area contributed by atoms with E-state index in [1.54, 1.807) is 12.1 Å². The number of unbranched alkanes of at least 4 members (excludes halogenated alkanes) is 1. The van der Waals surface area contributed by atoms with E-state index in [4.69, 9.17) is 14.9 Å². The fraction of sp³-hybridized carbons (Fsp3) is 0.214. The Morgan fingerprint density at radius 2 is 1.58 bits per heavy atom. The Morgan fingerprint density at radius 1 is 0.848 bits per heavy atom. The van der Waals surface area contributed by atoms with Crippen LogP contribution in [0.5, 0.6) is 11.5 Å². The molecule has 0 radical (unpaired) electrons. The van der Waals surface area contributed by atoms with Crippen molar-refractivity contribution in [3.63, 3.8) is 0 Å². The van der Waals surface area contributed by atoms with Crippen LogP contribution in [0.25, 0.3) is 6.08 Å². The van der Waals surface area contributed by atoms with Crippen LogP contribution in [0.1, 0.15) is 47.2 Å². The second kappa shape index (κ2) is 12.2. The minimum absolute atomic E-state index is 0.169. The molecule has 0 saturated carbocycles. The van der Waals surface area contributed by atoms with Crippen molar-refractivity contribution in [2.75, 3.05) is 0 Å². The van der Waals surface area contributed by atoms with Gasteiger partial charge >= 0.3 is 11.9 Å². The Kier molecular flexibility index (Phi) is 8.83. The van der Waals surface area contributed by atoms with Crippen LogP contribution in [0, 0.1) is 5.92 Å². The van der Waals surface area contributed by atoms with Gasteiger partial charge in [-0.25, -0.2) is 4.79 Å². The molecule has 170 valence electrons. The number of hydrogen-bond acceptors (Lipinski definition) is 3. The molecule has 0 aliphatic heterocycles. The van der Waals surface area contributed by atoms with Crippen molar-refractivity contribution in [1.82, 2.24) is 0 Å². The van der Waals surface area contributed by atoms with E-state index in [9.17, 15) is 9.59 Å². The Balaban J connectivity index is 1.69. The van der Waals surface area contributed by atoms with Crippen LogP contribution in [0.2, 0.25) is 0 Å². The molecule has 5 nitrogen and oxygen atoms in total. The largest absolute Gasteiger partial charge is 0.481 e. The van der Waals surface area contributed by atoms with Gasteiger partial charge in [-0.1, -0.05) is 61.0 Å². The number of benzene rings is 3. The first-order valence-corrected chi connectivity index (χ1v) is 11.0. The molecule has 3 rings (SSSR count). The summed E-state index contributed by atoms with van der Waals surface area (Å²) in [6.07, 6.45) is 7.43. The van der Waals surface area contributed by atoms with E-state index in [2.05, 4.69) is 12.2 Å². The summed E-state index contributed by atoms with van der Waals surface area (Å²) >= 11 is 0. The maximum absolute atomic E-state index is 11.1. The quantitative estimate of drug-likeness (QED) is 0.304. The van der Waals surface area contributed by atoms with Crippen LogP contribution in [-0.2, 0) is 11.2 Å². The van der Waals surface area contributed by atoms with Gasteiger partial charge in [-0.2, -0.15) is 0 Å². The van der Waals surface area contributed by atoms with Crippen molar-refractivity contribution in [2.24, 2.45) is 5.92 Å². The van der Waals surface area contributed by atoms with Gasteiger partial charge in [0.25, 0.3) is 0 Å². The fourth-order valence-corrected chi connectivity index (χ4v) is 3.59. The number of para-hydroxylation sites is 1. The highest BCUT2D eigenvalue weighted by Crippen LogP contribution is 2.24. The van der Waals surface area contributed by atoms with E-state index in [1.165, 1.54) is 0 Å². The van der Waals surface area contributed by atoms with Crippen molar-refractivity contribution in [3.8, 4) is 11.5 Å². The van der Waals surface area contributed by atoms with E-state index in [1.807, 2.05) is 66.7 Å². The molecule has 0 fully saturated rings. The molecule has 0 aromatic heterocycles. The minimum Gasteiger partial charge on any atom is -0.481 e. The smallest absolute Gasteiger partial charge is 0.335 e. The van der Waals surface area contributed by atoms with Crippen molar-refractivity contribution >= 4 is 18.0 Å². The third kappa shape index (κ3) is 8.30. The summed E-state index contributed by atoms with van der Waals surface area (Å²) in [6, 6.07) is 24.4. The van der Waals surface area contributed by atoms with Crippen LogP contribution in [-0.4, -0.2) is 22.2 Å². The fourth-order valence-electron chi connectivity index (χ4n) is 3.59. The number of carboxylic acids is 2. The minimum atomic E-state index is -0.940. The van der Waals surface area contributed by atoms with Gasteiger partial charge < -0.3 is 14.9 Å². The third-order valence-corrected chi connectivity index (χ3v) is 5.31. The van der Waals surface area contributed by atoms with Crippen LogP contribution >= 0.6 is 0 Å². The zero-order valence-corrected chi connectivity index (χ0v) is 18.4. The number of aliphatic carboxylic acids is 1. The van der Waals surface area contributed by atoms with E-state index in [0.717, 1.165) is 41.9 Å². The highest BCUT2D eigenvalue weighted by atomic mass is 16.5. The summed E-state index contributed by atoms with van der Waals surface area (Å²) in [7, 11) is 0. The second-order valence-corrected chi connectivity index (χ2v) is 7.95. The highest BCUT2D eigenvalue weighted by Gasteiger charge is 2.09. The Bertz CT molecular complexity index is 1070. The molecule has 0 aliphatic rings. The maximum Gasteiger partial charge on any atom is 0.335 e. The summed E-state index contributed by atoms with van der Waals surface area (Å²) in [5.41, 5.74) is 2.33. The molecule has 1 unspecified atom stereocenters. The lowest BCUT2D eigenvalue weighted by Gasteiger charge is -2.13. The van der Waals surface area contributed by atoms with Crippen molar-refractivity contribution in [1.29, 1.82) is 0 Å². The molecule has 3 aromatic carbocycles. The van der Waals surface area contributed by atoms with Crippen LogP contribution in [0.4, 0.5) is 0 Å². The van der Waals surface area contributed by atoms with Gasteiger partial charge in [0.05, 0.1) is 5.56 Å². The number of allylic oxidation sites excluding steroid dienone is 1. The molecule has 1 atom stereocenters. The van der Waals surface area contributed by atoms with Gasteiger partial charge in [0.15, 0.2) is 0 Å². The van der Waals surface area contributed by atoms with E-state index in [0.29, 0.717) is 6.42 Å². The summed E-state index contributed by atoms with van der Waals surface area (Å²) in [4.78, 5) is 21.9. The topological polar surface area (TPSA) is 83.8 Å². The first kappa shape index (κ1) is 23.8. The number of aromatic carboxylic acids is 1. The normalized spacial score (nSPS) is 11.9. The molecule has 5 heteroatoms. The average molecular weight is 445 g/mol. The molecule has 33 heavy (non-hydrogen) atoms. The predicted molar refractivity (Wildman–Crippen MR) is 129 cm³/mol. The van der Waals surface area contributed by atoms with E-state index >= 15 is 0 Å². The molecule has 0 bridgehead atoms. The zero-order valence-electron chi connectivity index (χ0n) is 18.4. The summed E-state index contributed by atoms with van der Waals surface area (Å²) in [6.45, 7) is 0. The lowest BCUT2D eigenvalue weighted by atomic mass is 9.92.